The summed E-state index contributed by atoms with van der Waals surface area (Å²) in [7, 11) is 0. The molecule has 4 heterocycles. The molecule has 2 aromatic carbocycles. The Morgan fingerprint density at radius 1 is 0.971 bits per heavy atom. The smallest absolute Gasteiger partial charge is 0.284 e. The van der Waals surface area contributed by atoms with E-state index in [1.165, 1.54) is 4.68 Å². The molecule has 0 radical (unpaired) electrons. The number of rotatable bonds is 6. The van der Waals surface area contributed by atoms with Gasteiger partial charge >= 0.3 is 0 Å². The molecule has 0 unspecified atom stereocenters. The molecule has 0 aliphatic carbocycles. The van der Waals surface area contributed by atoms with Crippen LogP contribution in [0.5, 0.6) is 0 Å². The van der Waals surface area contributed by atoms with E-state index < -0.39 is 0 Å². The van der Waals surface area contributed by atoms with Crippen molar-refractivity contribution in [3.05, 3.63) is 76.5 Å². The van der Waals surface area contributed by atoms with E-state index in [9.17, 15) is 4.79 Å². The van der Waals surface area contributed by atoms with Crippen molar-refractivity contribution in [3.8, 4) is 17.1 Å². The number of para-hydroxylation sites is 3. The second kappa shape index (κ2) is 9.10. The normalized spacial score (nSPS) is 13.9. The largest absolute Gasteiger partial charge is 0.441 e. The number of aromatic nitrogens is 5. The second-order valence-corrected chi connectivity index (χ2v) is 9.64. The average molecular weight is 472 g/mol. The number of oxazole rings is 1. The quantitative estimate of drug-likeness (QED) is 0.194. The highest BCUT2D eigenvalue weighted by Crippen LogP contribution is 2.31. The Morgan fingerprint density at radius 3 is 2.71 bits per heavy atom. The molecule has 0 saturated carbocycles. The number of aryl methyl sites for hydroxylation is 1. The summed E-state index contributed by atoms with van der Waals surface area (Å²) in [5.74, 6) is 2.21. The summed E-state index contributed by atoms with van der Waals surface area (Å²) in [6.45, 7) is 0.891. The fourth-order valence-corrected chi connectivity index (χ4v) is 5.60. The predicted molar refractivity (Wildman–Crippen MR) is 133 cm³/mol. The van der Waals surface area contributed by atoms with Crippen molar-refractivity contribution < 1.29 is 4.42 Å². The SMILES string of the molecule is O=c1c2c3n(c(SCCCc4nc5ccccc5o4)nc-2nn1-c1ccccc1)CCCCC3. The fourth-order valence-electron chi connectivity index (χ4n) is 4.62. The van der Waals surface area contributed by atoms with Crippen LogP contribution in [0.25, 0.3) is 28.2 Å². The monoisotopic (exact) mass is 471 g/mol. The maximum atomic E-state index is 13.3. The lowest BCUT2D eigenvalue weighted by Gasteiger charge is -2.17. The maximum absolute atomic E-state index is 13.3. The Kier molecular flexibility index (Phi) is 5.66. The van der Waals surface area contributed by atoms with Crippen molar-refractivity contribution in [2.75, 3.05) is 5.75 Å². The summed E-state index contributed by atoms with van der Waals surface area (Å²) in [4.78, 5) is 22.8. The molecule has 7 nitrogen and oxygen atoms in total. The lowest BCUT2D eigenvalue weighted by atomic mass is 10.1. The van der Waals surface area contributed by atoms with Crippen molar-refractivity contribution in [2.45, 2.75) is 50.2 Å². The molecule has 0 atom stereocenters. The molecule has 6 rings (SSSR count). The number of benzene rings is 2. The van der Waals surface area contributed by atoms with E-state index in [1.807, 2.05) is 54.6 Å². The molecule has 0 spiro atoms. The second-order valence-electron chi connectivity index (χ2n) is 8.58. The highest BCUT2D eigenvalue weighted by Gasteiger charge is 2.27. The van der Waals surface area contributed by atoms with Gasteiger partial charge in [-0.2, -0.15) is 4.68 Å². The van der Waals surface area contributed by atoms with Crippen LogP contribution in [0.2, 0.25) is 0 Å². The first-order chi connectivity index (χ1) is 16.8. The van der Waals surface area contributed by atoms with Crippen molar-refractivity contribution in [3.63, 3.8) is 0 Å². The molecule has 8 heteroatoms. The van der Waals surface area contributed by atoms with Gasteiger partial charge in [0.25, 0.3) is 5.56 Å². The van der Waals surface area contributed by atoms with E-state index in [2.05, 4.69) is 14.6 Å². The molecule has 0 N–H and O–H groups in total. The number of hydrogen-bond donors (Lipinski definition) is 0. The zero-order valence-corrected chi connectivity index (χ0v) is 19.6. The molecule has 34 heavy (non-hydrogen) atoms. The number of fused-ring (bicyclic) bond motifs is 4. The summed E-state index contributed by atoms with van der Waals surface area (Å²) < 4.78 is 9.61. The van der Waals surface area contributed by atoms with Crippen LogP contribution in [-0.4, -0.2) is 30.1 Å². The van der Waals surface area contributed by atoms with Gasteiger partial charge in [0, 0.05) is 24.4 Å². The van der Waals surface area contributed by atoms with Gasteiger partial charge in [-0.3, -0.25) is 4.79 Å². The first kappa shape index (κ1) is 21.2. The third-order valence-electron chi connectivity index (χ3n) is 6.27. The Hall–Kier alpha value is -3.39. The Morgan fingerprint density at radius 2 is 1.82 bits per heavy atom. The highest BCUT2D eigenvalue weighted by molar-refractivity contribution is 7.99. The van der Waals surface area contributed by atoms with E-state index in [1.54, 1.807) is 11.8 Å². The summed E-state index contributed by atoms with van der Waals surface area (Å²) >= 11 is 1.73. The van der Waals surface area contributed by atoms with Gasteiger partial charge in [-0.25, -0.2) is 9.97 Å². The number of hydrogen-bond acceptors (Lipinski definition) is 6. The van der Waals surface area contributed by atoms with Crippen LogP contribution in [0.1, 0.15) is 37.3 Å². The minimum atomic E-state index is -0.0770. The Balaban J connectivity index is 1.28. The Labute approximate surface area is 201 Å². The summed E-state index contributed by atoms with van der Waals surface area (Å²) in [6, 6.07) is 17.4. The van der Waals surface area contributed by atoms with Crippen LogP contribution in [-0.2, 0) is 19.4 Å². The topological polar surface area (TPSA) is 78.7 Å². The van der Waals surface area contributed by atoms with Gasteiger partial charge in [0.05, 0.1) is 5.69 Å². The molecule has 3 aliphatic heterocycles. The van der Waals surface area contributed by atoms with Crippen LogP contribution in [0.4, 0.5) is 0 Å². The first-order valence-corrected chi connectivity index (χ1v) is 12.8. The minimum absolute atomic E-state index is 0.0770. The van der Waals surface area contributed by atoms with E-state index in [-0.39, 0.29) is 5.56 Å². The maximum Gasteiger partial charge on any atom is 0.284 e. The molecule has 1 aromatic heterocycles. The zero-order chi connectivity index (χ0) is 22.9. The van der Waals surface area contributed by atoms with E-state index in [0.29, 0.717) is 11.4 Å². The van der Waals surface area contributed by atoms with Gasteiger partial charge in [-0.15, -0.1) is 5.10 Å². The molecule has 3 aromatic rings. The number of thioether (sulfide) groups is 1. The van der Waals surface area contributed by atoms with Crippen LogP contribution >= 0.6 is 11.8 Å². The van der Waals surface area contributed by atoms with Crippen molar-refractivity contribution in [1.29, 1.82) is 0 Å². The molecular formula is C26H25N5O2S. The molecule has 3 aliphatic rings. The van der Waals surface area contributed by atoms with Crippen LogP contribution in [0.3, 0.4) is 0 Å². The minimum Gasteiger partial charge on any atom is -0.441 e. The van der Waals surface area contributed by atoms with E-state index in [4.69, 9.17) is 9.40 Å². The third-order valence-corrected chi connectivity index (χ3v) is 7.33. The van der Waals surface area contributed by atoms with Crippen molar-refractivity contribution >= 4 is 22.9 Å². The molecule has 0 bridgehead atoms. The van der Waals surface area contributed by atoms with Gasteiger partial charge in [0.15, 0.2) is 22.5 Å². The standard InChI is InChI=1S/C26H25N5O2S/c32-25-23-20-13-5-2-8-16-30(20)26(28-24(23)29-31(25)18-10-3-1-4-11-18)34-17-9-15-22-27-19-12-6-7-14-21(19)33-22/h1,3-4,6-7,10-12,14H,2,5,8-9,13,15-17H2. The van der Waals surface area contributed by atoms with E-state index in [0.717, 1.165) is 84.4 Å². The van der Waals surface area contributed by atoms with Crippen molar-refractivity contribution in [2.24, 2.45) is 0 Å². The Bertz CT molecular complexity index is 1440. The van der Waals surface area contributed by atoms with Crippen LogP contribution in [0.15, 0.2) is 69.0 Å². The number of nitrogens with zero attached hydrogens (tertiary/aromatic N) is 5. The van der Waals surface area contributed by atoms with Gasteiger partial charge in [-0.05, 0) is 49.9 Å². The summed E-state index contributed by atoms with van der Waals surface area (Å²) in [5, 5.41) is 5.57. The fraction of sp³-hybridized carbons (Fsp3) is 0.308. The van der Waals surface area contributed by atoms with Crippen LogP contribution in [0, 0.1) is 0 Å². The molecule has 0 fully saturated rings. The average Bonchev–Trinajstić information content (AvgIpc) is 3.33. The molecule has 172 valence electrons. The van der Waals surface area contributed by atoms with Gasteiger partial charge in [0.1, 0.15) is 11.1 Å². The summed E-state index contributed by atoms with van der Waals surface area (Å²) in [5.41, 5.74) is 4.18. The molecule has 0 saturated heterocycles. The molecular weight excluding hydrogens is 446 g/mol. The lowest BCUT2D eigenvalue weighted by Crippen LogP contribution is -2.19. The predicted octanol–water partition coefficient (Wildman–Crippen LogP) is 5.13. The van der Waals surface area contributed by atoms with Gasteiger partial charge in [-0.1, -0.05) is 48.5 Å². The lowest BCUT2D eigenvalue weighted by molar-refractivity contribution is 0.526. The van der Waals surface area contributed by atoms with Gasteiger partial charge < -0.3 is 8.98 Å². The first-order valence-electron chi connectivity index (χ1n) is 11.8. The van der Waals surface area contributed by atoms with Crippen molar-refractivity contribution in [1.82, 2.24) is 24.3 Å². The summed E-state index contributed by atoms with van der Waals surface area (Å²) in [6.07, 6.45) is 5.93. The highest BCUT2D eigenvalue weighted by atomic mass is 32.2. The molecule has 0 amide bonds. The zero-order valence-electron chi connectivity index (χ0n) is 18.8. The van der Waals surface area contributed by atoms with E-state index >= 15 is 0 Å². The third kappa shape index (κ3) is 3.92. The van der Waals surface area contributed by atoms with Crippen LogP contribution < -0.4 is 5.56 Å². The van der Waals surface area contributed by atoms with Gasteiger partial charge in [0.2, 0.25) is 0 Å².